The fraction of sp³-hybridized carbons (Fsp3) is 0.158. The third-order valence-electron chi connectivity index (χ3n) is 9.23. The van der Waals surface area contributed by atoms with Gasteiger partial charge in [-0.2, -0.15) is 0 Å². The Labute approximate surface area is 263 Å². The van der Waals surface area contributed by atoms with Crippen molar-refractivity contribution in [3.05, 3.63) is 131 Å². The van der Waals surface area contributed by atoms with E-state index in [1.54, 1.807) is 0 Å². The minimum absolute atomic E-state index is 0.0687. The van der Waals surface area contributed by atoms with Gasteiger partial charge in [0.2, 0.25) is 0 Å². The van der Waals surface area contributed by atoms with Crippen LogP contribution in [-0.4, -0.2) is 9.52 Å². The molecule has 1 aliphatic carbocycles. The van der Waals surface area contributed by atoms with Gasteiger partial charge in [0.15, 0.2) is 0 Å². The molecule has 0 saturated carbocycles. The number of hydrogen-bond acceptors (Lipinski definition) is 0. The molecule has 42 heavy (non-hydrogen) atoms. The molecule has 0 amide bonds. The van der Waals surface area contributed by atoms with Gasteiger partial charge >= 0.3 is 266 Å². The van der Waals surface area contributed by atoms with Gasteiger partial charge in [-0.15, -0.1) is 0 Å². The molecule has 0 N–H and O–H groups in total. The van der Waals surface area contributed by atoms with Crippen LogP contribution >= 0.6 is 17.0 Å². The second-order valence-electron chi connectivity index (χ2n) is 11.9. The molecule has 208 valence electrons. The topological polar surface area (TPSA) is 0 Å². The van der Waals surface area contributed by atoms with Crippen LogP contribution in [0.25, 0.3) is 39.5 Å². The molecule has 0 radical (unpaired) electrons. The summed E-state index contributed by atoms with van der Waals surface area (Å²) in [6.07, 6.45) is 3.44. The van der Waals surface area contributed by atoms with Gasteiger partial charge < -0.3 is 0 Å². The molecule has 5 aromatic rings. The molecule has 2 aliphatic rings. The molecule has 1 aliphatic heterocycles. The Morgan fingerprint density at radius 2 is 1.40 bits per heavy atom. The summed E-state index contributed by atoms with van der Waals surface area (Å²) in [6.45, 7) is 6.86. The first kappa shape index (κ1) is 28.3. The molecular formula is C38H34Cl2SiZr. The normalized spacial score (nSPS) is 16.0. The Bertz CT molecular complexity index is 1860. The maximum atomic E-state index is 7.93. The standard InChI is InChI=1S/C26H25.C12H9Si.2ClH.Zr/c1-4-19-10-8-9-13-23(19)26-24(20-11-6-5-7-12-20)15-14-21-16-22(18(2)3)17-25(21)26;1-3-7-11-9(5-1)10-6-2-4-8-12(10)13-11;;;/h5-18H,4H2,1-3H3;1-7H,13H2;2*1H;/q;;;;+2/p-2. The van der Waals surface area contributed by atoms with Crippen molar-refractivity contribution in [1.82, 2.24) is 0 Å². The van der Waals surface area contributed by atoms with Crippen LogP contribution in [0, 0.1) is 5.92 Å². The number of benzene rings is 5. The van der Waals surface area contributed by atoms with Crippen LogP contribution in [0.4, 0.5) is 0 Å². The van der Waals surface area contributed by atoms with Crippen molar-refractivity contribution in [3.8, 4) is 33.4 Å². The number of fused-ring (bicyclic) bond motifs is 4. The van der Waals surface area contributed by atoms with Crippen molar-refractivity contribution in [2.24, 2.45) is 5.92 Å². The van der Waals surface area contributed by atoms with Gasteiger partial charge in [0.1, 0.15) is 0 Å². The molecule has 7 rings (SSSR count). The van der Waals surface area contributed by atoms with E-state index in [2.05, 4.69) is 136 Å². The molecule has 1 atom stereocenters. The Kier molecular flexibility index (Phi) is 7.56. The number of rotatable bonds is 6. The van der Waals surface area contributed by atoms with Gasteiger partial charge in [0, 0.05) is 0 Å². The molecule has 1 unspecified atom stereocenters. The molecule has 0 nitrogen and oxygen atoms in total. The first-order valence-electron chi connectivity index (χ1n) is 15.0. The molecule has 0 bridgehead atoms. The van der Waals surface area contributed by atoms with Crippen molar-refractivity contribution < 1.29 is 17.9 Å². The van der Waals surface area contributed by atoms with Gasteiger partial charge in [-0.1, -0.05) is 0 Å². The first-order chi connectivity index (χ1) is 20.4. The predicted octanol–water partition coefficient (Wildman–Crippen LogP) is 8.56. The van der Waals surface area contributed by atoms with E-state index < -0.39 is 27.4 Å². The van der Waals surface area contributed by atoms with E-state index in [0.29, 0.717) is 5.92 Å². The second-order valence-corrected chi connectivity index (χ2v) is 27.7. The average Bonchev–Trinajstić information content (AvgIpc) is 3.60. The van der Waals surface area contributed by atoms with Crippen LogP contribution in [0.15, 0.2) is 115 Å². The van der Waals surface area contributed by atoms with Gasteiger partial charge in [-0.25, -0.2) is 0 Å². The Balaban J connectivity index is 1.46. The Morgan fingerprint density at radius 3 is 2.17 bits per heavy atom. The number of halogens is 2. The molecular weight excluding hydrogens is 647 g/mol. The van der Waals surface area contributed by atoms with Crippen LogP contribution in [0.1, 0.15) is 41.1 Å². The average molecular weight is 681 g/mol. The number of aryl methyl sites for hydroxylation is 1. The summed E-state index contributed by atoms with van der Waals surface area (Å²) >= 11 is -4.05. The SMILES string of the molecule is CCc1ccccc1-c1c(-c2ccccc2)ccc2c1C=C(C(C)C)[CH]2[Zr]([Cl])([Cl])[c]1cccc2c1[SiH2]c1ccccc1-2. The number of hydrogen-bond donors (Lipinski definition) is 0. The van der Waals surface area contributed by atoms with Gasteiger partial charge in [-0.05, 0) is 0 Å². The van der Waals surface area contributed by atoms with Gasteiger partial charge in [0.25, 0.3) is 0 Å². The summed E-state index contributed by atoms with van der Waals surface area (Å²) in [5.74, 6) is 0.344. The third kappa shape index (κ3) is 4.58. The summed E-state index contributed by atoms with van der Waals surface area (Å²) in [5.41, 5.74) is 13.2. The second kappa shape index (κ2) is 11.2. The van der Waals surface area contributed by atoms with E-state index in [1.165, 1.54) is 69.3 Å². The summed E-state index contributed by atoms with van der Waals surface area (Å²) in [6, 6.07) is 40.0. The van der Waals surface area contributed by atoms with Crippen molar-refractivity contribution in [1.29, 1.82) is 0 Å². The maximum absolute atomic E-state index is 7.93. The van der Waals surface area contributed by atoms with Gasteiger partial charge in [0.05, 0.1) is 0 Å². The zero-order valence-corrected chi connectivity index (χ0v) is 29.7. The predicted molar refractivity (Wildman–Crippen MR) is 183 cm³/mol. The zero-order chi connectivity index (χ0) is 29.0. The van der Waals surface area contributed by atoms with Gasteiger partial charge in [-0.3, -0.25) is 0 Å². The van der Waals surface area contributed by atoms with E-state index in [0.717, 1.165) is 6.42 Å². The Morgan fingerprint density at radius 1 is 0.714 bits per heavy atom. The van der Waals surface area contributed by atoms with Crippen molar-refractivity contribution in [2.75, 3.05) is 0 Å². The Hall–Kier alpha value is -2.48. The summed E-state index contributed by atoms with van der Waals surface area (Å²) in [4.78, 5) is 0. The summed E-state index contributed by atoms with van der Waals surface area (Å²) in [7, 11) is 15.2. The van der Waals surface area contributed by atoms with E-state index in [1.807, 2.05) is 0 Å². The monoisotopic (exact) mass is 678 g/mol. The fourth-order valence-corrected chi connectivity index (χ4v) is 24.3. The minimum atomic E-state index is -4.05. The fourth-order valence-electron chi connectivity index (χ4n) is 7.22. The van der Waals surface area contributed by atoms with Crippen LogP contribution in [0.5, 0.6) is 0 Å². The van der Waals surface area contributed by atoms with Crippen LogP contribution < -0.4 is 13.6 Å². The van der Waals surface area contributed by atoms with E-state index >= 15 is 0 Å². The zero-order valence-electron chi connectivity index (χ0n) is 24.3. The van der Waals surface area contributed by atoms with Crippen molar-refractivity contribution in [3.63, 3.8) is 0 Å². The van der Waals surface area contributed by atoms with Crippen LogP contribution in [0.3, 0.4) is 0 Å². The van der Waals surface area contributed by atoms with Crippen molar-refractivity contribution >= 4 is 46.3 Å². The van der Waals surface area contributed by atoms with Crippen LogP contribution in [0.2, 0.25) is 0 Å². The molecule has 4 heteroatoms. The summed E-state index contributed by atoms with van der Waals surface area (Å²) < 4.78 is 1.36. The molecule has 0 saturated heterocycles. The first-order valence-corrected chi connectivity index (χ1v) is 25.4. The molecule has 0 aromatic heterocycles. The van der Waals surface area contributed by atoms with Crippen molar-refractivity contribution in [2.45, 2.75) is 30.8 Å². The molecule has 0 fully saturated rings. The molecule has 5 aromatic carbocycles. The third-order valence-corrected chi connectivity index (χ3v) is 23.5. The van der Waals surface area contributed by atoms with Crippen LogP contribution in [-0.2, 0) is 24.3 Å². The molecule has 0 spiro atoms. The summed E-state index contributed by atoms with van der Waals surface area (Å²) in [5, 5.41) is 2.99. The van der Waals surface area contributed by atoms with E-state index in [9.17, 15) is 0 Å². The number of allylic oxidation sites excluding steroid dienone is 1. The quantitative estimate of drug-likeness (QED) is 0.155. The molecule has 1 heterocycles. The van der Waals surface area contributed by atoms with E-state index in [4.69, 9.17) is 17.0 Å². The van der Waals surface area contributed by atoms with E-state index in [-0.39, 0.29) is 3.63 Å².